The van der Waals surface area contributed by atoms with Crippen LogP contribution in [0.15, 0.2) is 23.1 Å². The molecule has 1 heterocycles. The summed E-state index contributed by atoms with van der Waals surface area (Å²) in [5.74, 6) is 1.17. The molecule has 5 heteroatoms. The van der Waals surface area contributed by atoms with Crippen LogP contribution in [0.5, 0.6) is 5.75 Å². The molecule has 1 aliphatic rings. The van der Waals surface area contributed by atoms with Gasteiger partial charge in [-0.3, -0.25) is 10.1 Å². The van der Waals surface area contributed by atoms with E-state index in [1.807, 2.05) is 0 Å². The van der Waals surface area contributed by atoms with Crippen LogP contribution in [0.3, 0.4) is 0 Å². The standard InChI is InChI=1S/C7H5NO3S/c9-8(10)5-1-2-7-6(3-5)11-4-12-7/h1-3H,4H2. The van der Waals surface area contributed by atoms with Gasteiger partial charge in [-0.15, -0.1) is 0 Å². The summed E-state index contributed by atoms with van der Waals surface area (Å²) < 4.78 is 5.15. The molecule has 0 spiro atoms. The summed E-state index contributed by atoms with van der Waals surface area (Å²) in [6, 6.07) is 4.65. The van der Waals surface area contributed by atoms with Gasteiger partial charge in [0.25, 0.3) is 5.69 Å². The molecule has 4 nitrogen and oxygen atoms in total. The Hall–Kier alpha value is -1.23. The van der Waals surface area contributed by atoms with Crippen molar-refractivity contribution < 1.29 is 9.66 Å². The summed E-state index contributed by atoms with van der Waals surface area (Å²) in [6.07, 6.45) is 0. The number of benzene rings is 1. The number of nitrogens with zero attached hydrogens (tertiary/aromatic N) is 1. The lowest BCUT2D eigenvalue weighted by atomic mass is 10.3. The fourth-order valence-corrected chi connectivity index (χ4v) is 1.74. The lowest BCUT2D eigenvalue weighted by Crippen LogP contribution is -1.88. The van der Waals surface area contributed by atoms with Crippen LogP contribution in [0.25, 0.3) is 0 Å². The van der Waals surface area contributed by atoms with Crippen molar-refractivity contribution in [2.45, 2.75) is 4.90 Å². The highest BCUT2D eigenvalue weighted by Crippen LogP contribution is 2.37. The monoisotopic (exact) mass is 183 g/mol. The van der Waals surface area contributed by atoms with Gasteiger partial charge >= 0.3 is 0 Å². The van der Waals surface area contributed by atoms with Crippen LogP contribution in [0.4, 0.5) is 5.69 Å². The predicted octanol–water partition coefficient (Wildman–Crippen LogP) is 2.04. The summed E-state index contributed by atoms with van der Waals surface area (Å²) in [5.41, 5.74) is 0.0799. The Labute approximate surface area is 72.7 Å². The van der Waals surface area contributed by atoms with Gasteiger partial charge in [0.15, 0.2) is 0 Å². The molecule has 0 bridgehead atoms. The number of hydrogen-bond acceptors (Lipinski definition) is 4. The molecule has 1 aromatic rings. The Balaban J connectivity index is 2.45. The highest BCUT2D eigenvalue weighted by Gasteiger charge is 2.16. The van der Waals surface area contributed by atoms with Gasteiger partial charge in [0.05, 0.1) is 15.9 Å². The average Bonchev–Trinajstić information content (AvgIpc) is 2.49. The van der Waals surface area contributed by atoms with Gasteiger partial charge in [0, 0.05) is 6.07 Å². The Morgan fingerprint density at radius 3 is 3.17 bits per heavy atom. The van der Waals surface area contributed by atoms with E-state index in [0.29, 0.717) is 11.7 Å². The van der Waals surface area contributed by atoms with Gasteiger partial charge in [-0.2, -0.15) is 0 Å². The maximum Gasteiger partial charge on any atom is 0.273 e. The van der Waals surface area contributed by atoms with E-state index in [2.05, 4.69) is 0 Å². The molecular weight excluding hydrogens is 178 g/mol. The first-order valence-electron chi connectivity index (χ1n) is 3.31. The second-order valence-electron chi connectivity index (χ2n) is 2.29. The van der Waals surface area contributed by atoms with Gasteiger partial charge in [-0.25, -0.2) is 0 Å². The smallest absolute Gasteiger partial charge is 0.273 e. The fourth-order valence-electron chi connectivity index (χ4n) is 0.999. The molecule has 0 unspecified atom stereocenters. The van der Waals surface area contributed by atoms with E-state index < -0.39 is 4.92 Å². The summed E-state index contributed by atoms with van der Waals surface area (Å²) in [4.78, 5) is 10.9. The summed E-state index contributed by atoms with van der Waals surface area (Å²) in [5, 5.41) is 10.3. The summed E-state index contributed by atoms with van der Waals surface area (Å²) in [7, 11) is 0. The molecule has 0 atom stereocenters. The van der Waals surface area contributed by atoms with E-state index >= 15 is 0 Å². The molecule has 0 amide bonds. The molecule has 0 saturated carbocycles. The minimum Gasteiger partial charge on any atom is -0.481 e. The lowest BCUT2D eigenvalue weighted by molar-refractivity contribution is -0.385. The topological polar surface area (TPSA) is 52.4 Å². The van der Waals surface area contributed by atoms with Crippen LogP contribution >= 0.6 is 11.8 Å². The van der Waals surface area contributed by atoms with E-state index in [1.54, 1.807) is 17.8 Å². The minimum atomic E-state index is -0.424. The van der Waals surface area contributed by atoms with Crippen LogP contribution in [0.1, 0.15) is 0 Å². The van der Waals surface area contributed by atoms with Crippen LogP contribution in [0.2, 0.25) is 0 Å². The number of ether oxygens (including phenoxy) is 1. The van der Waals surface area contributed by atoms with Crippen molar-refractivity contribution in [3.8, 4) is 5.75 Å². The first-order valence-corrected chi connectivity index (χ1v) is 4.30. The molecule has 0 saturated heterocycles. The largest absolute Gasteiger partial charge is 0.481 e. The second kappa shape index (κ2) is 2.67. The number of fused-ring (bicyclic) bond motifs is 1. The van der Waals surface area contributed by atoms with E-state index in [0.717, 1.165) is 4.90 Å². The third-order valence-corrected chi connectivity index (χ3v) is 2.45. The summed E-state index contributed by atoms with van der Waals surface area (Å²) in [6.45, 7) is 0. The Morgan fingerprint density at radius 1 is 1.58 bits per heavy atom. The molecular formula is C7H5NO3S. The molecule has 0 N–H and O–H groups in total. The Morgan fingerprint density at radius 2 is 2.42 bits per heavy atom. The van der Waals surface area contributed by atoms with Crippen molar-refractivity contribution in [3.63, 3.8) is 0 Å². The maximum atomic E-state index is 10.3. The predicted molar refractivity (Wildman–Crippen MR) is 44.4 cm³/mol. The van der Waals surface area contributed by atoms with Crippen molar-refractivity contribution in [1.82, 2.24) is 0 Å². The molecule has 12 heavy (non-hydrogen) atoms. The van der Waals surface area contributed by atoms with Gasteiger partial charge in [-0.05, 0) is 6.07 Å². The maximum absolute atomic E-state index is 10.3. The van der Waals surface area contributed by atoms with E-state index in [-0.39, 0.29) is 5.69 Å². The average molecular weight is 183 g/mol. The molecule has 2 rings (SSSR count). The normalized spacial score (nSPS) is 13.7. The van der Waals surface area contributed by atoms with Gasteiger partial charge < -0.3 is 4.74 Å². The van der Waals surface area contributed by atoms with Crippen LogP contribution in [0, 0.1) is 10.1 Å². The highest BCUT2D eigenvalue weighted by atomic mass is 32.2. The van der Waals surface area contributed by atoms with Crippen LogP contribution < -0.4 is 4.74 Å². The molecule has 1 aromatic carbocycles. The number of rotatable bonds is 1. The quantitative estimate of drug-likeness (QED) is 0.493. The number of nitro groups is 1. The van der Waals surface area contributed by atoms with Gasteiger partial charge in [0.1, 0.15) is 11.7 Å². The molecule has 1 aliphatic heterocycles. The van der Waals surface area contributed by atoms with Crippen LogP contribution in [-0.2, 0) is 0 Å². The van der Waals surface area contributed by atoms with E-state index in [1.165, 1.54) is 12.1 Å². The SMILES string of the molecule is O=[N+]([O-])c1ccc2c(c1)OCS2. The number of non-ortho nitro benzene ring substituents is 1. The van der Waals surface area contributed by atoms with E-state index in [4.69, 9.17) is 4.74 Å². The molecule has 0 radical (unpaired) electrons. The summed E-state index contributed by atoms with van der Waals surface area (Å²) >= 11 is 1.54. The Kier molecular flexibility index (Phi) is 1.65. The zero-order chi connectivity index (χ0) is 8.55. The van der Waals surface area contributed by atoms with Gasteiger partial charge in [0.2, 0.25) is 0 Å². The minimum absolute atomic E-state index is 0.0799. The zero-order valence-corrected chi connectivity index (χ0v) is 6.84. The first-order chi connectivity index (χ1) is 5.77. The second-order valence-corrected chi connectivity index (χ2v) is 3.26. The fraction of sp³-hybridized carbons (Fsp3) is 0.143. The van der Waals surface area contributed by atoms with E-state index in [9.17, 15) is 10.1 Å². The zero-order valence-electron chi connectivity index (χ0n) is 6.02. The van der Waals surface area contributed by atoms with Crippen molar-refractivity contribution >= 4 is 17.4 Å². The molecule has 62 valence electrons. The van der Waals surface area contributed by atoms with Gasteiger partial charge in [-0.1, -0.05) is 11.8 Å². The lowest BCUT2D eigenvalue weighted by Gasteiger charge is -1.95. The van der Waals surface area contributed by atoms with Crippen molar-refractivity contribution in [3.05, 3.63) is 28.3 Å². The molecule has 0 fully saturated rings. The highest BCUT2D eigenvalue weighted by molar-refractivity contribution is 7.99. The first kappa shape index (κ1) is 7.42. The number of thioether (sulfide) groups is 1. The number of hydrogen-bond donors (Lipinski definition) is 0. The van der Waals surface area contributed by atoms with Crippen LogP contribution in [-0.4, -0.2) is 10.9 Å². The van der Waals surface area contributed by atoms with Crippen molar-refractivity contribution in [1.29, 1.82) is 0 Å². The molecule has 0 aliphatic carbocycles. The Bertz CT molecular complexity index is 339. The van der Waals surface area contributed by atoms with Crippen molar-refractivity contribution in [2.75, 3.05) is 5.94 Å². The third kappa shape index (κ3) is 1.12. The number of nitro benzene ring substituents is 1. The third-order valence-electron chi connectivity index (χ3n) is 1.57. The molecule has 0 aromatic heterocycles. The van der Waals surface area contributed by atoms with Crippen molar-refractivity contribution in [2.24, 2.45) is 0 Å².